The van der Waals surface area contributed by atoms with Crippen molar-refractivity contribution < 1.29 is 14.7 Å². The third-order valence-electron chi connectivity index (χ3n) is 2.01. The summed E-state index contributed by atoms with van der Waals surface area (Å²) in [7, 11) is 0. The van der Waals surface area contributed by atoms with Gasteiger partial charge in [0.25, 0.3) is 0 Å². The summed E-state index contributed by atoms with van der Waals surface area (Å²) in [6.07, 6.45) is -1.02. The van der Waals surface area contributed by atoms with Crippen LogP contribution in [0.15, 0.2) is 24.3 Å². The van der Waals surface area contributed by atoms with Gasteiger partial charge in [0.1, 0.15) is 0 Å². The first-order valence-electron chi connectivity index (χ1n) is 4.46. The molecule has 0 aliphatic heterocycles. The Balaban J connectivity index is 2.97. The third kappa shape index (κ3) is 2.46. The van der Waals surface area contributed by atoms with Gasteiger partial charge in [-0.05, 0) is 31.2 Å². The van der Waals surface area contributed by atoms with E-state index in [0.29, 0.717) is 17.8 Å². The van der Waals surface area contributed by atoms with E-state index in [1.54, 1.807) is 19.1 Å². The zero-order valence-electron chi connectivity index (χ0n) is 8.30. The molecule has 0 radical (unpaired) electrons. The molecule has 0 aliphatic rings. The van der Waals surface area contributed by atoms with E-state index in [1.807, 2.05) is 0 Å². The van der Waals surface area contributed by atoms with E-state index >= 15 is 0 Å². The van der Waals surface area contributed by atoms with Crippen molar-refractivity contribution in [1.29, 1.82) is 0 Å². The van der Waals surface area contributed by atoms with Crippen LogP contribution in [0.5, 0.6) is 0 Å². The number of primary amides is 1. The Morgan fingerprint density at radius 2 is 1.87 bits per heavy atom. The molecule has 0 saturated heterocycles. The molecule has 5 heteroatoms. The fraction of sp³-hybridized carbons (Fsp3) is 0.200. The van der Waals surface area contributed by atoms with Crippen molar-refractivity contribution >= 4 is 17.7 Å². The van der Waals surface area contributed by atoms with Crippen molar-refractivity contribution in [2.45, 2.75) is 6.92 Å². The number of hydrogen-bond donors (Lipinski definition) is 2. The Kier molecular flexibility index (Phi) is 3.28. The molecule has 2 amide bonds. The van der Waals surface area contributed by atoms with E-state index in [4.69, 9.17) is 10.8 Å². The van der Waals surface area contributed by atoms with Crippen LogP contribution in [0.3, 0.4) is 0 Å². The molecule has 1 aromatic rings. The van der Waals surface area contributed by atoms with Crippen molar-refractivity contribution in [1.82, 2.24) is 0 Å². The van der Waals surface area contributed by atoms with E-state index in [-0.39, 0.29) is 0 Å². The van der Waals surface area contributed by atoms with Gasteiger partial charge in [-0.25, -0.2) is 4.79 Å². The number of nitrogens with two attached hydrogens (primary N) is 1. The Hall–Kier alpha value is -2.04. The molecule has 5 nitrogen and oxygen atoms in total. The SMILES string of the molecule is CCN(C(=O)O)c1ccc(C(N)=O)cc1. The first-order chi connectivity index (χ1) is 7.06. The minimum absolute atomic E-state index is 0.352. The van der Waals surface area contributed by atoms with Crippen LogP contribution in [0, 0.1) is 0 Å². The topological polar surface area (TPSA) is 83.6 Å². The number of hydrogen-bond acceptors (Lipinski definition) is 2. The van der Waals surface area contributed by atoms with Gasteiger partial charge < -0.3 is 10.8 Å². The Morgan fingerprint density at radius 3 is 2.20 bits per heavy atom. The average molecular weight is 208 g/mol. The van der Waals surface area contributed by atoms with Crippen LogP contribution in [-0.2, 0) is 0 Å². The van der Waals surface area contributed by atoms with Gasteiger partial charge in [-0.15, -0.1) is 0 Å². The maximum Gasteiger partial charge on any atom is 0.411 e. The van der Waals surface area contributed by atoms with Gasteiger partial charge in [0.05, 0.1) is 0 Å². The molecule has 0 bridgehead atoms. The highest BCUT2D eigenvalue weighted by Gasteiger charge is 2.11. The van der Waals surface area contributed by atoms with Crippen molar-refractivity contribution in [3.63, 3.8) is 0 Å². The predicted octanol–water partition coefficient (Wildman–Crippen LogP) is 1.29. The lowest BCUT2D eigenvalue weighted by atomic mass is 10.2. The summed E-state index contributed by atoms with van der Waals surface area (Å²) in [5, 5.41) is 8.84. The van der Waals surface area contributed by atoms with Crippen molar-refractivity contribution in [3.05, 3.63) is 29.8 Å². The molecule has 0 heterocycles. The summed E-state index contributed by atoms with van der Waals surface area (Å²) >= 11 is 0. The second-order valence-electron chi connectivity index (χ2n) is 2.94. The molecule has 80 valence electrons. The number of benzene rings is 1. The number of anilines is 1. The van der Waals surface area contributed by atoms with E-state index in [2.05, 4.69) is 0 Å². The van der Waals surface area contributed by atoms with Gasteiger partial charge >= 0.3 is 6.09 Å². The smallest absolute Gasteiger partial charge is 0.411 e. The molecule has 0 aliphatic carbocycles. The Morgan fingerprint density at radius 1 is 1.33 bits per heavy atom. The number of amides is 2. The van der Waals surface area contributed by atoms with E-state index in [0.717, 1.165) is 0 Å². The molecule has 15 heavy (non-hydrogen) atoms. The molecule has 0 aromatic heterocycles. The van der Waals surface area contributed by atoms with Crippen LogP contribution in [0.25, 0.3) is 0 Å². The van der Waals surface area contributed by atoms with Crippen LogP contribution >= 0.6 is 0 Å². The number of rotatable bonds is 3. The second kappa shape index (κ2) is 4.45. The summed E-state index contributed by atoms with van der Waals surface area (Å²) in [5.74, 6) is -0.528. The zero-order valence-corrected chi connectivity index (χ0v) is 8.30. The molecule has 0 unspecified atom stereocenters. The van der Waals surface area contributed by atoms with Crippen molar-refractivity contribution in [2.24, 2.45) is 5.73 Å². The minimum Gasteiger partial charge on any atom is -0.465 e. The lowest BCUT2D eigenvalue weighted by molar-refractivity contribution is 0.100. The van der Waals surface area contributed by atoms with Crippen LogP contribution in [0.2, 0.25) is 0 Å². The van der Waals surface area contributed by atoms with Gasteiger partial charge in [-0.1, -0.05) is 0 Å². The second-order valence-corrected chi connectivity index (χ2v) is 2.94. The largest absolute Gasteiger partial charge is 0.465 e. The lowest BCUT2D eigenvalue weighted by Gasteiger charge is -2.16. The first kappa shape index (κ1) is 11.0. The highest BCUT2D eigenvalue weighted by molar-refractivity contribution is 5.94. The first-order valence-corrected chi connectivity index (χ1v) is 4.46. The quantitative estimate of drug-likeness (QED) is 0.785. The van der Waals surface area contributed by atoms with Crippen LogP contribution in [-0.4, -0.2) is 23.7 Å². The number of carbonyl (C=O) groups is 2. The molecule has 0 spiro atoms. The average Bonchev–Trinajstić information content (AvgIpc) is 2.19. The molecular formula is C10H12N2O3. The maximum atomic E-state index is 10.8. The van der Waals surface area contributed by atoms with Crippen molar-refractivity contribution in [3.8, 4) is 0 Å². The third-order valence-corrected chi connectivity index (χ3v) is 2.01. The summed E-state index contributed by atoms with van der Waals surface area (Å²) in [6, 6.07) is 6.11. The van der Waals surface area contributed by atoms with E-state index < -0.39 is 12.0 Å². The minimum atomic E-state index is -1.02. The normalized spacial score (nSPS) is 9.67. The maximum absolute atomic E-state index is 10.8. The Bertz CT molecular complexity index is 373. The number of carbonyl (C=O) groups excluding carboxylic acids is 1. The zero-order chi connectivity index (χ0) is 11.4. The molecule has 0 fully saturated rings. The summed E-state index contributed by atoms with van der Waals surface area (Å²) in [5.41, 5.74) is 5.95. The fourth-order valence-corrected chi connectivity index (χ4v) is 1.23. The van der Waals surface area contributed by atoms with Crippen LogP contribution < -0.4 is 10.6 Å². The highest BCUT2D eigenvalue weighted by atomic mass is 16.4. The summed E-state index contributed by atoms with van der Waals surface area (Å²) < 4.78 is 0. The van der Waals surface area contributed by atoms with Gasteiger partial charge in [0.15, 0.2) is 0 Å². The lowest BCUT2D eigenvalue weighted by Crippen LogP contribution is -2.28. The summed E-state index contributed by atoms with van der Waals surface area (Å²) in [4.78, 5) is 22.7. The Labute approximate surface area is 87.1 Å². The monoisotopic (exact) mass is 208 g/mol. The fourth-order valence-electron chi connectivity index (χ4n) is 1.23. The predicted molar refractivity (Wildman–Crippen MR) is 56.0 cm³/mol. The van der Waals surface area contributed by atoms with Gasteiger partial charge in [0, 0.05) is 17.8 Å². The highest BCUT2D eigenvalue weighted by Crippen LogP contribution is 2.14. The van der Waals surface area contributed by atoms with Gasteiger partial charge in [-0.2, -0.15) is 0 Å². The van der Waals surface area contributed by atoms with Crippen molar-refractivity contribution in [2.75, 3.05) is 11.4 Å². The number of nitrogens with zero attached hydrogens (tertiary/aromatic N) is 1. The molecular weight excluding hydrogens is 196 g/mol. The van der Waals surface area contributed by atoms with Gasteiger partial charge in [0.2, 0.25) is 5.91 Å². The molecule has 0 atom stereocenters. The van der Waals surface area contributed by atoms with Gasteiger partial charge in [-0.3, -0.25) is 9.69 Å². The summed E-state index contributed by atoms with van der Waals surface area (Å²) in [6.45, 7) is 2.08. The van der Waals surface area contributed by atoms with E-state index in [1.165, 1.54) is 17.0 Å². The van der Waals surface area contributed by atoms with E-state index in [9.17, 15) is 9.59 Å². The molecule has 1 rings (SSSR count). The standard InChI is InChI=1S/C10H12N2O3/c1-2-12(10(14)15)8-5-3-7(4-6-8)9(11)13/h3-6H,2H2,1H3,(H2,11,13)(H,14,15). The number of carboxylic acid groups (broad SMARTS) is 1. The van der Waals surface area contributed by atoms with Crippen LogP contribution in [0.4, 0.5) is 10.5 Å². The molecule has 0 saturated carbocycles. The molecule has 3 N–H and O–H groups in total. The van der Waals surface area contributed by atoms with Crippen LogP contribution in [0.1, 0.15) is 17.3 Å². The molecule has 1 aromatic carbocycles.